The van der Waals surface area contributed by atoms with Crippen LogP contribution in [0.3, 0.4) is 0 Å². The monoisotopic (exact) mass is 492 g/mol. The van der Waals surface area contributed by atoms with E-state index in [4.69, 9.17) is 4.74 Å². The fourth-order valence-electron chi connectivity index (χ4n) is 5.58. The van der Waals surface area contributed by atoms with Gasteiger partial charge in [-0.25, -0.2) is 12.7 Å². The minimum absolute atomic E-state index is 0.0511. The van der Waals surface area contributed by atoms with Crippen LogP contribution in [0.5, 0.6) is 0 Å². The summed E-state index contributed by atoms with van der Waals surface area (Å²) >= 11 is 0. The minimum atomic E-state index is -3.61. The highest BCUT2D eigenvalue weighted by molar-refractivity contribution is 7.89. The molecule has 0 radical (unpaired) electrons. The Balaban J connectivity index is 1.47. The predicted molar refractivity (Wildman–Crippen MR) is 134 cm³/mol. The lowest BCUT2D eigenvalue weighted by Crippen LogP contribution is -2.48. The van der Waals surface area contributed by atoms with Crippen LogP contribution < -0.4 is 4.90 Å². The molecule has 0 spiro atoms. The molecule has 0 aromatic heterocycles. The summed E-state index contributed by atoms with van der Waals surface area (Å²) in [4.78, 5) is 20.5. The van der Waals surface area contributed by atoms with Gasteiger partial charge >= 0.3 is 0 Å². The number of rotatable bonds is 6. The van der Waals surface area contributed by atoms with Crippen molar-refractivity contribution in [1.29, 1.82) is 0 Å². The molecule has 3 heterocycles. The third kappa shape index (κ3) is 5.58. The van der Waals surface area contributed by atoms with Crippen LogP contribution >= 0.6 is 0 Å². The predicted octanol–water partition coefficient (Wildman–Crippen LogP) is 2.50. The standard InChI is InChI=1S/C25H40N4O4S/c1-19-16-27(17-20(2)33-19)18-21-9-13-29(14-10-21)25(30)23-15-22(34(31,32)26(3)4)7-8-24(23)28-11-5-6-12-28/h7-8,15,19-21H,5-6,9-14,16-18H2,1-4H3. The molecular weight excluding hydrogens is 452 g/mol. The molecule has 1 amide bonds. The van der Waals surface area contributed by atoms with E-state index in [-0.39, 0.29) is 23.0 Å². The maximum absolute atomic E-state index is 13.7. The first kappa shape index (κ1) is 25.4. The zero-order chi connectivity index (χ0) is 24.5. The third-order valence-electron chi connectivity index (χ3n) is 7.34. The number of carbonyl (C=O) groups excluding carboxylic acids is 1. The topological polar surface area (TPSA) is 73.4 Å². The van der Waals surface area contributed by atoms with Gasteiger partial charge in [0.2, 0.25) is 10.0 Å². The van der Waals surface area contributed by atoms with E-state index in [9.17, 15) is 13.2 Å². The number of benzene rings is 1. The van der Waals surface area contributed by atoms with Crippen LogP contribution in [0.25, 0.3) is 0 Å². The van der Waals surface area contributed by atoms with Gasteiger partial charge in [0.05, 0.1) is 22.7 Å². The molecule has 1 aromatic rings. The first-order chi connectivity index (χ1) is 16.1. The summed E-state index contributed by atoms with van der Waals surface area (Å²) in [6.45, 7) is 10.5. The van der Waals surface area contributed by atoms with E-state index < -0.39 is 10.0 Å². The number of amides is 1. The van der Waals surface area contributed by atoms with Gasteiger partial charge in [0.25, 0.3) is 5.91 Å². The molecule has 8 nitrogen and oxygen atoms in total. The quantitative estimate of drug-likeness (QED) is 0.608. The van der Waals surface area contributed by atoms with Crippen LogP contribution in [0, 0.1) is 5.92 Å². The minimum Gasteiger partial charge on any atom is -0.373 e. The Hall–Kier alpha value is -1.68. The molecule has 0 bridgehead atoms. The largest absolute Gasteiger partial charge is 0.373 e. The summed E-state index contributed by atoms with van der Waals surface area (Å²) in [6, 6.07) is 5.05. The zero-order valence-electron chi connectivity index (χ0n) is 21.1. The number of morpholine rings is 1. The van der Waals surface area contributed by atoms with E-state index in [1.807, 2.05) is 11.0 Å². The number of carbonyl (C=O) groups is 1. The van der Waals surface area contributed by atoms with Crippen LogP contribution in [-0.4, -0.2) is 101 Å². The maximum atomic E-state index is 13.7. The summed E-state index contributed by atoms with van der Waals surface area (Å²) in [5, 5.41) is 0. The molecule has 3 saturated heterocycles. The van der Waals surface area contributed by atoms with Crippen molar-refractivity contribution in [3.8, 4) is 0 Å². The summed E-state index contributed by atoms with van der Waals surface area (Å²) < 4.78 is 32.6. The highest BCUT2D eigenvalue weighted by atomic mass is 32.2. The molecule has 3 aliphatic heterocycles. The van der Waals surface area contributed by atoms with Crippen molar-refractivity contribution in [2.24, 2.45) is 5.92 Å². The Labute approximate surface area is 204 Å². The van der Waals surface area contributed by atoms with Crippen LogP contribution in [0.15, 0.2) is 23.1 Å². The number of anilines is 1. The normalized spacial score (nSPS) is 25.3. The molecule has 0 saturated carbocycles. The van der Waals surface area contributed by atoms with Crippen LogP contribution in [0.1, 0.15) is 49.9 Å². The van der Waals surface area contributed by atoms with Crippen LogP contribution in [0.4, 0.5) is 5.69 Å². The van der Waals surface area contributed by atoms with Gasteiger partial charge in [0.1, 0.15) is 0 Å². The van der Waals surface area contributed by atoms with Gasteiger partial charge in [-0.3, -0.25) is 9.69 Å². The third-order valence-corrected chi connectivity index (χ3v) is 9.15. The van der Waals surface area contributed by atoms with Gasteiger partial charge in [0, 0.05) is 65.6 Å². The molecule has 2 unspecified atom stereocenters. The van der Waals surface area contributed by atoms with E-state index in [2.05, 4.69) is 23.6 Å². The molecule has 0 aliphatic carbocycles. The van der Waals surface area contributed by atoms with Crippen molar-refractivity contribution < 1.29 is 17.9 Å². The highest BCUT2D eigenvalue weighted by Gasteiger charge is 2.31. The Bertz CT molecular complexity index is 959. The van der Waals surface area contributed by atoms with Gasteiger partial charge in [-0.2, -0.15) is 0 Å². The van der Waals surface area contributed by atoms with Crippen molar-refractivity contribution in [3.05, 3.63) is 23.8 Å². The van der Waals surface area contributed by atoms with Crippen molar-refractivity contribution in [2.75, 3.05) is 64.8 Å². The Kier molecular flexibility index (Phi) is 7.86. The van der Waals surface area contributed by atoms with E-state index >= 15 is 0 Å². The molecule has 9 heteroatoms. The van der Waals surface area contributed by atoms with Gasteiger partial charge in [-0.1, -0.05) is 0 Å². The van der Waals surface area contributed by atoms with E-state index in [1.165, 1.54) is 18.4 Å². The Morgan fingerprint density at radius 2 is 1.65 bits per heavy atom. The number of nitrogens with zero attached hydrogens (tertiary/aromatic N) is 4. The average Bonchev–Trinajstić information content (AvgIpc) is 3.33. The molecule has 34 heavy (non-hydrogen) atoms. The molecule has 2 atom stereocenters. The lowest BCUT2D eigenvalue weighted by Gasteiger charge is -2.39. The number of hydrogen-bond donors (Lipinski definition) is 0. The lowest BCUT2D eigenvalue weighted by molar-refractivity contribution is -0.0728. The maximum Gasteiger partial charge on any atom is 0.256 e. The molecule has 3 aliphatic rings. The van der Waals surface area contributed by atoms with E-state index in [0.29, 0.717) is 24.6 Å². The average molecular weight is 493 g/mol. The first-order valence-corrected chi connectivity index (χ1v) is 14.1. The summed E-state index contributed by atoms with van der Waals surface area (Å²) in [5.74, 6) is 0.518. The zero-order valence-corrected chi connectivity index (χ0v) is 21.9. The second-order valence-electron chi connectivity index (χ2n) is 10.4. The van der Waals surface area contributed by atoms with Crippen molar-refractivity contribution in [2.45, 2.75) is 56.6 Å². The highest BCUT2D eigenvalue weighted by Crippen LogP contribution is 2.30. The van der Waals surface area contributed by atoms with Crippen LogP contribution in [-0.2, 0) is 14.8 Å². The fraction of sp³-hybridized carbons (Fsp3) is 0.720. The van der Waals surface area contributed by atoms with Crippen LogP contribution in [0.2, 0.25) is 0 Å². The summed E-state index contributed by atoms with van der Waals surface area (Å²) in [7, 11) is -0.570. The van der Waals surface area contributed by atoms with E-state index in [0.717, 1.165) is 64.1 Å². The Morgan fingerprint density at radius 3 is 2.24 bits per heavy atom. The summed E-state index contributed by atoms with van der Waals surface area (Å²) in [6.07, 6.45) is 4.66. The van der Waals surface area contributed by atoms with Gasteiger partial charge in [-0.05, 0) is 63.6 Å². The first-order valence-electron chi connectivity index (χ1n) is 12.6. The SMILES string of the molecule is CC1CN(CC2CCN(C(=O)c3cc(S(=O)(=O)N(C)C)ccc3N3CCCC3)CC2)CC(C)O1. The smallest absolute Gasteiger partial charge is 0.256 e. The molecule has 190 valence electrons. The van der Waals surface area contributed by atoms with Crippen molar-refractivity contribution in [1.82, 2.24) is 14.1 Å². The number of likely N-dealkylation sites (tertiary alicyclic amines) is 1. The van der Waals surface area contributed by atoms with Gasteiger partial charge in [-0.15, -0.1) is 0 Å². The molecular formula is C25H40N4O4S. The number of hydrogen-bond acceptors (Lipinski definition) is 6. The molecule has 3 fully saturated rings. The van der Waals surface area contributed by atoms with Gasteiger partial charge in [0.15, 0.2) is 0 Å². The van der Waals surface area contributed by atoms with Crippen molar-refractivity contribution in [3.63, 3.8) is 0 Å². The lowest BCUT2D eigenvalue weighted by atomic mass is 9.95. The second kappa shape index (κ2) is 10.5. The fourth-order valence-corrected chi connectivity index (χ4v) is 6.51. The number of sulfonamides is 1. The van der Waals surface area contributed by atoms with E-state index in [1.54, 1.807) is 12.1 Å². The Morgan fingerprint density at radius 1 is 1.03 bits per heavy atom. The molecule has 1 aromatic carbocycles. The molecule has 4 rings (SSSR count). The molecule has 0 N–H and O–H groups in total. The number of piperidine rings is 1. The number of ether oxygens (including phenoxy) is 1. The summed E-state index contributed by atoms with van der Waals surface area (Å²) in [5.41, 5.74) is 1.37. The van der Waals surface area contributed by atoms with Crippen molar-refractivity contribution >= 4 is 21.6 Å². The second-order valence-corrected chi connectivity index (χ2v) is 12.5. The van der Waals surface area contributed by atoms with Gasteiger partial charge < -0.3 is 14.5 Å².